The summed E-state index contributed by atoms with van der Waals surface area (Å²) < 4.78 is 24.1. The van der Waals surface area contributed by atoms with E-state index in [1.807, 2.05) is 4.90 Å². The van der Waals surface area contributed by atoms with Gasteiger partial charge in [0.25, 0.3) is 0 Å². The number of fused-ring (bicyclic) bond motifs is 2. The number of anilines is 1. The highest BCUT2D eigenvalue weighted by Gasteiger charge is 2.37. The zero-order valence-corrected chi connectivity index (χ0v) is 15.3. The van der Waals surface area contributed by atoms with Gasteiger partial charge in [-0.2, -0.15) is 0 Å². The molecule has 0 aliphatic carbocycles. The van der Waals surface area contributed by atoms with Crippen molar-refractivity contribution < 1.29 is 23.6 Å². The van der Waals surface area contributed by atoms with Crippen LogP contribution in [0.2, 0.25) is 0 Å². The summed E-state index contributed by atoms with van der Waals surface area (Å²) in [5.41, 5.74) is 0.418. The normalized spacial score (nSPS) is 22.7. The lowest BCUT2D eigenvalue weighted by molar-refractivity contribution is 0.0697. The zero-order chi connectivity index (χ0) is 19.1. The third-order valence-electron chi connectivity index (χ3n) is 5.75. The molecule has 2 aliphatic heterocycles. The molecule has 4 rings (SSSR count). The smallest absolute Gasteiger partial charge is 0.343 e. The van der Waals surface area contributed by atoms with Gasteiger partial charge in [0, 0.05) is 30.7 Å². The van der Waals surface area contributed by atoms with E-state index in [1.165, 1.54) is 31.7 Å². The number of hydrogen-bond acceptors (Lipinski definition) is 6. The van der Waals surface area contributed by atoms with Gasteiger partial charge in [0.15, 0.2) is 28.7 Å². The second-order valence-electron chi connectivity index (χ2n) is 7.15. The summed E-state index contributed by atoms with van der Waals surface area (Å²) in [6, 6.07) is 5.02. The highest BCUT2D eigenvalue weighted by atomic mass is 19.1. The Hall–Kier alpha value is -2.61. The van der Waals surface area contributed by atoms with Crippen molar-refractivity contribution in [2.45, 2.75) is 31.3 Å². The lowest BCUT2D eigenvalue weighted by Crippen LogP contribution is -2.37. The monoisotopic (exact) mass is 375 g/mol. The Morgan fingerprint density at radius 2 is 2.11 bits per heavy atom. The van der Waals surface area contributed by atoms with Crippen LogP contribution in [-0.2, 0) is 0 Å². The summed E-state index contributed by atoms with van der Waals surface area (Å²) in [7, 11) is 3.48. The van der Waals surface area contributed by atoms with Crippen LogP contribution >= 0.6 is 0 Å². The Kier molecular flexibility index (Phi) is 4.51. The van der Waals surface area contributed by atoms with E-state index in [0.717, 1.165) is 19.4 Å². The van der Waals surface area contributed by atoms with Crippen LogP contribution in [0.15, 0.2) is 22.7 Å². The zero-order valence-electron chi connectivity index (χ0n) is 15.3. The number of carboxylic acids is 1. The van der Waals surface area contributed by atoms with Gasteiger partial charge in [-0.1, -0.05) is 5.16 Å². The van der Waals surface area contributed by atoms with E-state index in [2.05, 4.69) is 17.1 Å². The van der Waals surface area contributed by atoms with Crippen LogP contribution in [0.25, 0.3) is 11.3 Å². The quantitative estimate of drug-likeness (QED) is 0.880. The lowest BCUT2D eigenvalue weighted by atomic mass is 10.1. The molecule has 1 N–H and O–H groups in total. The second kappa shape index (κ2) is 6.84. The summed E-state index contributed by atoms with van der Waals surface area (Å²) >= 11 is 0. The molecule has 2 saturated heterocycles. The van der Waals surface area contributed by atoms with E-state index in [4.69, 9.17) is 9.26 Å². The molecule has 144 valence electrons. The maximum absolute atomic E-state index is 13.7. The van der Waals surface area contributed by atoms with Crippen LogP contribution in [0.5, 0.6) is 5.75 Å². The van der Waals surface area contributed by atoms with Crippen molar-refractivity contribution in [3.8, 4) is 17.1 Å². The largest absolute Gasteiger partial charge is 0.494 e. The number of carbonyl (C=O) groups is 1. The Balaban J connectivity index is 1.72. The first kappa shape index (κ1) is 17.8. The molecular formula is C19H22FN3O4. The molecule has 27 heavy (non-hydrogen) atoms. The van der Waals surface area contributed by atoms with Crippen molar-refractivity contribution in [1.82, 2.24) is 10.1 Å². The number of halogens is 1. The molecule has 2 aromatic rings. The maximum atomic E-state index is 13.7. The number of carboxylic acid groups (broad SMARTS) is 1. The van der Waals surface area contributed by atoms with Crippen molar-refractivity contribution in [3.63, 3.8) is 0 Å². The molecule has 1 aromatic heterocycles. The Morgan fingerprint density at radius 1 is 1.33 bits per heavy atom. The SMILES string of the molecule is COc1cc(-c2onc(N3CC[C@@H]4CC[C@H](C3)N4C)c2C(=O)O)ccc1F. The molecule has 1 aromatic carbocycles. The number of aromatic carboxylic acids is 1. The van der Waals surface area contributed by atoms with Gasteiger partial charge in [-0.15, -0.1) is 0 Å². The number of hydrogen-bond donors (Lipinski definition) is 1. The molecule has 2 atom stereocenters. The molecule has 2 aliphatic rings. The molecule has 0 unspecified atom stereocenters. The van der Waals surface area contributed by atoms with Crippen molar-refractivity contribution in [2.24, 2.45) is 0 Å². The van der Waals surface area contributed by atoms with Crippen LogP contribution in [0.1, 0.15) is 29.6 Å². The van der Waals surface area contributed by atoms with Crippen LogP contribution in [-0.4, -0.2) is 60.5 Å². The van der Waals surface area contributed by atoms with Crippen LogP contribution in [0.3, 0.4) is 0 Å². The predicted molar refractivity (Wildman–Crippen MR) is 96.8 cm³/mol. The molecule has 8 heteroatoms. The molecule has 7 nitrogen and oxygen atoms in total. The maximum Gasteiger partial charge on any atom is 0.343 e. The number of ether oxygens (including phenoxy) is 1. The highest BCUT2D eigenvalue weighted by Crippen LogP contribution is 2.36. The summed E-state index contributed by atoms with van der Waals surface area (Å²) in [6.07, 6.45) is 3.23. The van der Waals surface area contributed by atoms with Gasteiger partial charge in [0.05, 0.1) is 7.11 Å². The molecule has 0 amide bonds. The van der Waals surface area contributed by atoms with E-state index in [9.17, 15) is 14.3 Å². The van der Waals surface area contributed by atoms with Gasteiger partial charge in [0.2, 0.25) is 0 Å². The van der Waals surface area contributed by atoms with Crippen LogP contribution < -0.4 is 9.64 Å². The molecule has 3 heterocycles. The Bertz CT molecular complexity index is 869. The van der Waals surface area contributed by atoms with Gasteiger partial charge in [0.1, 0.15) is 0 Å². The van der Waals surface area contributed by atoms with E-state index in [-0.39, 0.29) is 17.1 Å². The lowest BCUT2D eigenvalue weighted by Gasteiger charge is -2.25. The summed E-state index contributed by atoms with van der Waals surface area (Å²) in [5.74, 6) is -1.17. The summed E-state index contributed by atoms with van der Waals surface area (Å²) in [6.45, 7) is 1.44. The number of likely N-dealkylation sites (N-methyl/N-ethyl adjacent to an activating group) is 1. The fraction of sp³-hybridized carbons (Fsp3) is 0.474. The third-order valence-corrected chi connectivity index (χ3v) is 5.75. The predicted octanol–water partition coefficient (Wildman–Crippen LogP) is 2.86. The topological polar surface area (TPSA) is 79.0 Å². The molecule has 0 spiro atoms. The average molecular weight is 375 g/mol. The molecule has 0 saturated carbocycles. The Morgan fingerprint density at radius 3 is 2.85 bits per heavy atom. The first-order valence-corrected chi connectivity index (χ1v) is 9.03. The number of benzene rings is 1. The number of aromatic nitrogens is 1. The standard InChI is InChI=1S/C19H22FN3O4/c1-22-12-4-5-13(22)10-23(8-7-12)18-16(19(24)25)17(27-21-18)11-3-6-14(20)15(9-11)26-2/h3,6,9,12-13H,4-5,7-8,10H2,1-2H3,(H,24,25)/t12-,13+/m0/s1. The molecule has 2 fully saturated rings. The van der Waals surface area contributed by atoms with Crippen LogP contribution in [0.4, 0.5) is 10.2 Å². The van der Waals surface area contributed by atoms with Gasteiger partial charge in [-0.25, -0.2) is 9.18 Å². The fourth-order valence-corrected chi connectivity index (χ4v) is 4.19. The van der Waals surface area contributed by atoms with Gasteiger partial charge in [-0.05, 0) is 44.5 Å². The molecule has 2 bridgehead atoms. The fourth-order valence-electron chi connectivity index (χ4n) is 4.19. The minimum Gasteiger partial charge on any atom is -0.494 e. The van der Waals surface area contributed by atoms with Crippen molar-refractivity contribution in [1.29, 1.82) is 0 Å². The summed E-state index contributed by atoms with van der Waals surface area (Å²) in [5, 5.41) is 13.9. The second-order valence-corrected chi connectivity index (χ2v) is 7.15. The van der Waals surface area contributed by atoms with E-state index < -0.39 is 11.8 Å². The third kappa shape index (κ3) is 3.03. The van der Waals surface area contributed by atoms with Gasteiger partial charge < -0.3 is 19.3 Å². The minimum atomic E-state index is -1.12. The van der Waals surface area contributed by atoms with E-state index >= 15 is 0 Å². The number of nitrogens with zero attached hydrogens (tertiary/aromatic N) is 3. The van der Waals surface area contributed by atoms with Crippen LogP contribution in [0, 0.1) is 5.82 Å². The van der Waals surface area contributed by atoms with Gasteiger partial charge in [-0.3, -0.25) is 4.90 Å². The van der Waals surface area contributed by atoms with E-state index in [0.29, 0.717) is 30.0 Å². The average Bonchev–Trinajstić information content (AvgIpc) is 3.17. The Labute approximate surface area is 156 Å². The summed E-state index contributed by atoms with van der Waals surface area (Å²) in [4.78, 5) is 16.4. The van der Waals surface area contributed by atoms with Crippen molar-refractivity contribution in [2.75, 3.05) is 32.1 Å². The first-order valence-electron chi connectivity index (χ1n) is 9.03. The van der Waals surface area contributed by atoms with E-state index in [1.54, 1.807) is 0 Å². The molecule has 0 radical (unpaired) electrons. The number of methoxy groups -OCH3 is 1. The highest BCUT2D eigenvalue weighted by molar-refractivity contribution is 5.99. The minimum absolute atomic E-state index is 0.00378. The molecular weight excluding hydrogens is 353 g/mol. The first-order chi connectivity index (χ1) is 13.0. The number of rotatable bonds is 4. The van der Waals surface area contributed by atoms with Gasteiger partial charge >= 0.3 is 5.97 Å². The van der Waals surface area contributed by atoms with Crippen molar-refractivity contribution >= 4 is 11.8 Å². The van der Waals surface area contributed by atoms with Crippen molar-refractivity contribution in [3.05, 3.63) is 29.6 Å².